The second-order valence-corrected chi connectivity index (χ2v) is 5.05. The molecule has 0 aromatic rings. The van der Waals surface area contributed by atoms with Gasteiger partial charge in [0, 0.05) is 24.8 Å². The second-order valence-electron chi connectivity index (χ2n) is 5.05. The number of methoxy groups -OCH3 is 1. The number of esters is 1. The van der Waals surface area contributed by atoms with E-state index in [-0.39, 0.29) is 5.97 Å². The van der Waals surface area contributed by atoms with Gasteiger partial charge in [-0.25, -0.2) is 4.79 Å². The smallest absolute Gasteiger partial charge is 0.333 e. The molecule has 1 aliphatic heterocycles. The lowest BCUT2D eigenvalue weighted by Gasteiger charge is -2.18. The van der Waals surface area contributed by atoms with Crippen molar-refractivity contribution in [2.45, 2.75) is 44.8 Å². The number of nitrogens with one attached hydrogen (secondary N) is 1. The van der Waals surface area contributed by atoms with Crippen LogP contribution in [0.1, 0.15) is 32.6 Å². The Labute approximate surface area is 109 Å². The van der Waals surface area contributed by atoms with E-state index in [0.717, 1.165) is 31.1 Å². The molecule has 1 heterocycles. The number of hydrogen-bond donors (Lipinski definition) is 1. The number of ether oxygens (including phenoxy) is 2. The summed E-state index contributed by atoms with van der Waals surface area (Å²) < 4.78 is 10.5. The molecule has 0 radical (unpaired) electrons. The number of carbonyl (C=O) groups is 1. The molecule has 0 bridgehead atoms. The van der Waals surface area contributed by atoms with Gasteiger partial charge in [-0.1, -0.05) is 13.0 Å². The summed E-state index contributed by atoms with van der Waals surface area (Å²) in [5.41, 5.74) is 0.742. The fourth-order valence-electron chi connectivity index (χ4n) is 2.56. The first-order valence-electron chi connectivity index (χ1n) is 6.88. The molecule has 0 aromatic heterocycles. The predicted octanol–water partition coefficient (Wildman–Crippen LogP) is 1.65. The molecule has 0 amide bonds. The van der Waals surface area contributed by atoms with Gasteiger partial charge in [0.1, 0.15) is 0 Å². The molecule has 1 saturated heterocycles. The van der Waals surface area contributed by atoms with Crippen LogP contribution in [0, 0.1) is 5.92 Å². The zero-order valence-electron chi connectivity index (χ0n) is 11.3. The van der Waals surface area contributed by atoms with Gasteiger partial charge < -0.3 is 14.8 Å². The van der Waals surface area contributed by atoms with Crippen LogP contribution in [0.5, 0.6) is 0 Å². The van der Waals surface area contributed by atoms with E-state index < -0.39 is 0 Å². The summed E-state index contributed by atoms with van der Waals surface area (Å²) in [5.74, 6) is 0.543. The van der Waals surface area contributed by atoms with Crippen LogP contribution in [-0.4, -0.2) is 38.4 Å². The molecule has 2 rings (SSSR count). The normalized spacial score (nSPS) is 28.4. The summed E-state index contributed by atoms with van der Waals surface area (Å²) in [5, 5.41) is 3.49. The average molecular weight is 253 g/mol. The molecule has 1 N–H and O–H groups in total. The molecule has 2 unspecified atom stereocenters. The van der Waals surface area contributed by atoms with Gasteiger partial charge >= 0.3 is 5.97 Å². The van der Waals surface area contributed by atoms with Gasteiger partial charge in [-0.05, 0) is 31.6 Å². The topological polar surface area (TPSA) is 47.6 Å². The molecule has 0 spiro atoms. The van der Waals surface area contributed by atoms with Crippen LogP contribution >= 0.6 is 0 Å². The Morgan fingerprint density at radius 2 is 2.22 bits per heavy atom. The van der Waals surface area contributed by atoms with Gasteiger partial charge in [0.05, 0.1) is 13.2 Å². The van der Waals surface area contributed by atoms with Gasteiger partial charge in [-0.3, -0.25) is 0 Å². The Bertz CT molecular complexity index is 323. The Morgan fingerprint density at radius 1 is 1.44 bits per heavy atom. The van der Waals surface area contributed by atoms with Crippen molar-refractivity contribution in [3.05, 3.63) is 11.6 Å². The lowest BCUT2D eigenvalue weighted by atomic mass is 10.1. The van der Waals surface area contributed by atoms with E-state index in [4.69, 9.17) is 9.47 Å². The first-order chi connectivity index (χ1) is 8.76. The average Bonchev–Trinajstić information content (AvgIpc) is 3.13. The summed E-state index contributed by atoms with van der Waals surface area (Å²) in [6, 6.07) is 0.449. The van der Waals surface area contributed by atoms with Crippen molar-refractivity contribution < 1.29 is 14.3 Å². The largest absolute Gasteiger partial charge is 0.466 e. The lowest BCUT2D eigenvalue weighted by Crippen LogP contribution is -2.37. The molecule has 2 atom stereocenters. The van der Waals surface area contributed by atoms with E-state index in [1.807, 2.05) is 13.0 Å². The van der Waals surface area contributed by atoms with Gasteiger partial charge in [0.2, 0.25) is 0 Å². The molecule has 1 aliphatic carbocycles. The summed E-state index contributed by atoms with van der Waals surface area (Å²) >= 11 is 0. The lowest BCUT2D eigenvalue weighted by molar-refractivity contribution is -0.136. The van der Waals surface area contributed by atoms with Crippen LogP contribution < -0.4 is 5.32 Å². The third kappa shape index (κ3) is 3.33. The van der Waals surface area contributed by atoms with Gasteiger partial charge in [-0.15, -0.1) is 0 Å². The highest BCUT2D eigenvalue weighted by Crippen LogP contribution is 2.38. The molecule has 2 aliphatic rings. The summed E-state index contributed by atoms with van der Waals surface area (Å²) in [7, 11) is 1.42. The Kier molecular flexibility index (Phi) is 4.78. The third-order valence-electron chi connectivity index (χ3n) is 3.78. The zero-order valence-corrected chi connectivity index (χ0v) is 11.3. The summed E-state index contributed by atoms with van der Waals surface area (Å²) in [6.07, 6.45) is 6.73. The maximum atomic E-state index is 11.4. The van der Waals surface area contributed by atoms with Crippen molar-refractivity contribution in [1.29, 1.82) is 0 Å². The van der Waals surface area contributed by atoms with Crippen LogP contribution in [-0.2, 0) is 14.3 Å². The van der Waals surface area contributed by atoms with Crippen molar-refractivity contribution in [2.24, 2.45) is 5.92 Å². The van der Waals surface area contributed by atoms with Crippen LogP contribution in [0.4, 0.5) is 0 Å². The monoisotopic (exact) mass is 253 g/mol. The van der Waals surface area contributed by atoms with Gasteiger partial charge in [0.15, 0.2) is 0 Å². The SMILES string of the molecule is CCC(=CCNC1CCOC1C1CC1)C(=O)OC. The Morgan fingerprint density at radius 3 is 2.83 bits per heavy atom. The molecular formula is C14H23NO3. The van der Waals surface area contributed by atoms with Gasteiger partial charge in [-0.2, -0.15) is 0 Å². The van der Waals surface area contributed by atoms with E-state index in [2.05, 4.69) is 5.32 Å². The minimum atomic E-state index is -0.222. The molecule has 2 fully saturated rings. The van der Waals surface area contributed by atoms with Crippen molar-refractivity contribution in [1.82, 2.24) is 5.32 Å². The molecule has 0 aromatic carbocycles. The van der Waals surface area contributed by atoms with E-state index in [1.54, 1.807) is 0 Å². The minimum absolute atomic E-state index is 0.222. The Balaban J connectivity index is 1.79. The van der Waals surface area contributed by atoms with Crippen molar-refractivity contribution in [2.75, 3.05) is 20.3 Å². The minimum Gasteiger partial charge on any atom is -0.466 e. The van der Waals surface area contributed by atoms with E-state index in [0.29, 0.717) is 18.6 Å². The van der Waals surface area contributed by atoms with Gasteiger partial charge in [0.25, 0.3) is 0 Å². The maximum Gasteiger partial charge on any atom is 0.333 e. The maximum absolute atomic E-state index is 11.4. The number of hydrogen-bond acceptors (Lipinski definition) is 4. The van der Waals surface area contributed by atoms with Crippen molar-refractivity contribution >= 4 is 5.97 Å². The molecule has 4 nitrogen and oxygen atoms in total. The first kappa shape index (κ1) is 13.6. The Hall–Kier alpha value is -0.870. The third-order valence-corrected chi connectivity index (χ3v) is 3.78. The van der Waals surface area contributed by atoms with Crippen LogP contribution in [0.15, 0.2) is 11.6 Å². The molecule has 18 heavy (non-hydrogen) atoms. The molecule has 102 valence electrons. The highest BCUT2D eigenvalue weighted by Gasteiger charge is 2.40. The highest BCUT2D eigenvalue weighted by molar-refractivity contribution is 5.88. The fourth-order valence-corrected chi connectivity index (χ4v) is 2.56. The zero-order chi connectivity index (χ0) is 13.0. The molecule has 1 saturated carbocycles. The quantitative estimate of drug-likeness (QED) is 0.577. The number of rotatable bonds is 6. The van der Waals surface area contributed by atoms with E-state index >= 15 is 0 Å². The standard InChI is InChI=1S/C14H23NO3/c1-3-10(14(16)17-2)6-8-15-12-7-9-18-13(12)11-4-5-11/h6,11-13,15H,3-5,7-9H2,1-2H3. The first-order valence-corrected chi connectivity index (χ1v) is 6.88. The van der Waals surface area contributed by atoms with Crippen molar-refractivity contribution in [3.63, 3.8) is 0 Å². The highest BCUT2D eigenvalue weighted by atomic mass is 16.5. The molecule has 4 heteroatoms. The second kappa shape index (κ2) is 6.34. The van der Waals surface area contributed by atoms with E-state index in [9.17, 15) is 4.79 Å². The summed E-state index contributed by atoms with van der Waals surface area (Å²) in [6.45, 7) is 3.55. The van der Waals surface area contributed by atoms with Crippen LogP contribution in [0.2, 0.25) is 0 Å². The molecular weight excluding hydrogens is 230 g/mol. The van der Waals surface area contributed by atoms with E-state index in [1.165, 1.54) is 20.0 Å². The predicted molar refractivity (Wildman–Crippen MR) is 69.3 cm³/mol. The summed E-state index contributed by atoms with van der Waals surface area (Å²) in [4.78, 5) is 11.4. The number of carbonyl (C=O) groups excluding carboxylic acids is 1. The van der Waals surface area contributed by atoms with Crippen LogP contribution in [0.3, 0.4) is 0 Å². The fraction of sp³-hybridized carbons (Fsp3) is 0.786. The van der Waals surface area contributed by atoms with Crippen LogP contribution in [0.25, 0.3) is 0 Å². The van der Waals surface area contributed by atoms with Crippen molar-refractivity contribution in [3.8, 4) is 0 Å².